The van der Waals surface area contributed by atoms with Crippen LogP contribution in [0.3, 0.4) is 0 Å². The second-order valence-corrected chi connectivity index (χ2v) is 5.42. The summed E-state index contributed by atoms with van der Waals surface area (Å²) in [5, 5.41) is 4.43. The molecule has 4 aromatic rings. The van der Waals surface area contributed by atoms with Crippen molar-refractivity contribution < 1.29 is 9.53 Å². The summed E-state index contributed by atoms with van der Waals surface area (Å²) in [5.74, 6) is 0.885. The molecule has 0 radical (unpaired) electrons. The molecule has 0 aliphatic carbocycles. The van der Waals surface area contributed by atoms with E-state index in [1.807, 2.05) is 54.6 Å². The Morgan fingerprint density at radius 2 is 1.68 bits per heavy atom. The van der Waals surface area contributed by atoms with Gasteiger partial charge in [-0.1, -0.05) is 18.2 Å². The maximum atomic E-state index is 11.9. The summed E-state index contributed by atoms with van der Waals surface area (Å²) >= 11 is 0. The van der Waals surface area contributed by atoms with Gasteiger partial charge in [-0.2, -0.15) is 5.10 Å². The quantitative estimate of drug-likeness (QED) is 0.622. The van der Waals surface area contributed by atoms with Gasteiger partial charge in [0.05, 0.1) is 0 Å². The van der Waals surface area contributed by atoms with Gasteiger partial charge in [0.25, 0.3) is 5.91 Å². The van der Waals surface area contributed by atoms with Crippen molar-refractivity contribution in [2.75, 3.05) is 0 Å². The van der Waals surface area contributed by atoms with E-state index in [-0.39, 0.29) is 0 Å². The molecule has 2 heterocycles. The number of amides is 1. The smallest absolute Gasteiger partial charge is 0.254 e. The second kappa shape index (κ2) is 6.09. The lowest BCUT2D eigenvalue weighted by atomic mass is 10.1. The van der Waals surface area contributed by atoms with Crippen LogP contribution in [0.1, 0.15) is 10.4 Å². The molecule has 0 saturated carbocycles. The number of rotatable bonds is 4. The van der Waals surface area contributed by atoms with E-state index in [0.717, 1.165) is 11.3 Å². The fourth-order valence-corrected chi connectivity index (χ4v) is 2.62. The van der Waals surface area contributed by atoms with Gasteiger partial charge in [-0.15, -0.1) is 0 Å². The zero-order valence-electron chi connectivity index (χ0n) is 13.2. The fraction of sp³-hybridized carbons (Fsp3) is 0. The zero-order chi connectivity index (χ0) is 17.2. The Morgan fingerprint density at radius 1 is 0.960 bits per heavy atom. The van der Waals surface area contributed by atoms with Gasteiger partial charge < -0.3 is 10.5 Å². The standard InChI is InChI=1S/C19H14N4O2/c20-18(24)16-17(22-23-12-4-11-21-19(16)23)13-7-9-15(10-8-13)25-14-5-2-1-3-6-14/h1-12H,(H2,20,24). The molecule has 0 fully saturated rings. The highest BCUT2D eigenvalue weighted by Crippen LogP contribution is 2.28. The molecule has 2 N–H and O–H groups in total. The van der Waals surface area contributed by atoms with Crippen LogP contribution in [0.5, 0.6) is 11.5 Å². The third kappa shape index (κ3) is 2.81. The van der Waals surface area contributed by atoms with E-state index >= 15 is 0 Å². The molecule has 0 spiro atoms. The number of hydrogen-bond donors (Lipinski definition) is 1. The van der Waals surface area contributed by atoms with Gasteiger partial charge in [0.15, 0.2) is 5.65 Å². The highest BCUT2D eigenvalue weighted by atomic mass is 16.5. The number of carbonyl (C=O) groups excluding carboxylic acids is 1. The van der Waals surface area contributed by atoms with E-state index in [2.05, 4.69) is 10.1 Å². The topological polar surface area (TPSA) is 82.5 Å². The normalized spacial score (nSPS) is 10.7. The van der Waals surface area contributed by atoms with Crippen LogP contribution in [0.15, 0.2) is 73.1 Å². The van der Waals surface area contributed by atoms with Gasteiger partial charge in [-0.25, -0.2) is 9.50 Å². The fourth-order valence-electron chi connectivity index (χ4n) is 2.62. The number of aromatic nitrogens is 3. The third-order valence-electron chi connectivity index (χ3n) is 3.75. The van der Waals surface area contributed by atoms with E-state index in [4.69, 9.17) is 10.5 Å². The van der Waals surface area contributed by atoms with Crippen molar-refractivity contribution in [3.05, 3.63) is 78.6 Å². The molecule has 122 valence electrons. The summed E-state index contributed by atoms with van der Waals surface area (Å²) in [7, 11) is 0. The Balaban J connectivity index is 1.72. The van der Waals surface area contributed by atoms with Crippen molar-refractivity contribution in [3.8, 4) is 22.8 Å². The molecular weight excluding hydrogens is 316 g/mol. The Kier molecular flexibility index (Phi) is 3.63. The summed E-state index contributed by atoms with van der Waals surface area (Å²) in [6, 6.07) is 18.6. The average molecular weight is 330 g/mol. The Morgan fingerprint density at radius 3 is 2.40 bits per heavy atom. The number of nitrogens with two attached hydrogens (primary N) is 1. The average Bonchev–Trinajstić information content (AvgIpc) is 3.03. The number of hydrogen-bond acceptors (Lipinski definition) is 4. The van der Waals surface area contributed by atoms with Crippen LogP contribution in [0.4, 0.5) is 0 Å². The van der Waals surface area contributed by atoms with E-state index < -0.39 is 5.91 Å². The van der Waals surface area contributed by atoms with E-state index in [1.54, 1.807) is 23.0 Å². The molecule has 2 aromatic carbocycles. The highest BCUT2D eigenvalue weighted by Gasteiger charge is 2.19. The lowest BCUT2D eigenvalue weighted by Crippen LogP contribution is -2.12. The van der Waals surface area contributed by atoms with Gasteiger partial charge in [0.2, 0.25) is 0 Å². The number of para-hydroxylation sites is 1. The number of nitrogens with zero attached hydrogens (tertiary/aromatic N) is 3. The SMILES string of the molecule is NC(=O)c1c(-c2ccc(Oc3ccccc3)cc2)nn2cccnc12. The molecule has 4 rings (SSSR count). The van der Waals surface area contributed by atoms with Crippen LogP contribution >= 0.6 is 0 Å². The van der Waals surface area contributed by atoms with Crippen molar-refractivity contribution in [1.82, 2.24) is 14.6 Å². The van der Waals surface area contributed by atoms with Crippen LogP contribution in [-0.2, 0) is 0 Å². The first-order valence-electron chi connectivity index (χ1n) is 7.69. The molecule has 6 heteroatoms. The maximum Gasteiger partial charge on any atom is 0.254 e. The first kappa shape index (κ1) is 14.9. The summed E-state index contributed by atoms with van der Waals surface area (Å²) in [5.41, 5.74) is 7.54. The van der Waals surface area contributed by atoms with Gasteiger partial charge in [-0.05, 0) is 42.5 Å². The Labute approximate surface area is 143 Å². The van der Waals surface area contributed by atoms with Gasteiger partial charge in [-0.3, -0.25) is 4.79 Å². The molecule has 25 heavy (non-hydrogen) atoms. The van der Waals surface area contributed by atoms with Gasteiger partial charge in [0.1, 0.15) is 22.8 Å². The molecule has 1 amide bonds. The molecule has 0 bridgehead atoms. The van der Waals surface area contributed by atoms with E-state index in [1.165, 1.54) is 0 Å². The molecule has 0 aliphatic heterocycles. The van der Waals surface area contributed by atoms with Crippen LogP contribution in [0.2, 0.25) is 0 Å². The second-order valence-electron chi connectivity index (χ2n) is 5.42. The molecular formula is C19H14N4O2. The molecule has 0 saturated heterocycles. The zero-order valence-corrected chi connectivity index (χ0v) is 13.2. The highest BCUT2D eigenvalue weighted by molar-refractivity contribution is 6.04. The molecule has 2 aromatic heterocycles. The predicted molar refractivity (Wildman–Crippen MR) is 93.5 cm³/mol. The van der Waals surface area contributed by atoms with Crippen LogP contribution in [-0.4, -0.2) is 20.5 Å². The number of fused-ring (bicyclic) bond motifs is 1. The van der Waals surface area contributed by atoms with E-state index in [9.17, 15) is 4.79 Å². The Hall–Kier alpha value is -3.67. The minimum absolute atomic E-state index is 0.303. The molecule has 0 atom stereocenters. The lowest BCUT2D eigenvalue weighted by molar-refractivity contribution is 0.100. The van der Waals surface area contributed by atoms with Crippen LogP contribution < -0.4 is 10.5 Å². The van der Waals surface area contributed by atoms with Gasteiger partial charge >= 0.3 is 0 Å². The first-order chi connectivity index (χ1) is 12.2. The predicted octanol–water partition coefficient (Wildman–Crippen LogP) is 3.29. The van der Waals surface area contributed by atoms with Crippen molar-refractivity contribution in [1.29, 1.82) is 0 Å². The van der Waals surface area contributed by atoms with Crippen molar-refractivity contribution >= 4 is 11.6 Å². The lowest BCUT2D eigenvalue weighted by Gasteiger charge is -2.06. The number of benzene rings is 2. The summed E-state index contributed by atoms with van der Waals surface area (Å²) < 4.78 is 7.32. The number of ether oxygens (including phenoxy) is 1. The van der Waals surface area contributed by atoms with Crippen LogP contribution in [0, 0.1) is 0 Å². The van der Waals surface area contributed by atoms with Gasteiger partial charge in [0, 0.05) is 18.0 Å². The number of primary amides is 1. The largest absolute Gasteiger partial charge is 0.457 e. The minimum Gasteiger partial charge on any atom is -0.457 e. The number of carbonyl (C=O) groups is 1. The first-order valence-corrected chi connectivity index (χ1v) is 7.69. The summed E-state index contributed by atoms with van der Waals surface area (Å²) in [4.78, 5) is 16.1. The van der Waals surface area contributed by atoms with Crippen molar-refractivity contribution in [3.63, 3.8) is 0 Å². The van der Waals surface area contributed by atoms with E-state index in [0.29, 0.717) is 22.7 Å². The monoisotopic (exact) mass is 330 g/mol. The maximum absolute atomic E-state index is 11.9. The summed E-state index contributed by atoms with van der Waals surface area (Å²) in [6.45, 7) is 0. The molecule has 6 nitrogen and oxygen atoms in total. The molecule has 0 aliphatic rings. The third-order valence-corrected chi connectivity index (χ3v) is 3.75. The minimum atomic E-state index is -0.562. The van der Waals surface area contributed by atoms with Crippen molar-refractivity contribution in [2.45, 2.75) is 0 Å². The Bertz CT molecular complexity index is 1040. The summed E-state index contributed by atoms with van der Waals surface area (Å²) in [6.07, 6.45) is 3.33. The van der Waals surface area contributed by atoms with Crippen molar-refractivity contribution in [2.24, 2.45) is 5.73 Å². The van der Waals surface area contributed by atoms with Crippen LogP contribution in [0.25, 0.3) is 16.9 Å². The molecule has 0 unspecified atom stereocenters.